The van der Waals surface area contributed by atoms with Gasteiger partial charge in [-0.2, -0.15) is 0 Å². The van der Waals surface area contributed by atoms with Crippen molar-refractivity contribution in [3.8, 4) is 5.75 Å². The second-order valence-corrected chi connectivity index (χ2v) is 2.96. The van der Waals surface area contributed by atoms with E-state index in [1.807, 2.05) is 6.92 Å². The normalized spacial score (nSPS) is 9.69. The van der Waals surface area contributed by atoms with Gasteiger partial charge >= 0.3 is 6.09 Å². The van der Waals surface area contributed by atoms with Crippen LogP contribution in [-0.4, -0.2) is 6.09 Å². The van der Waals surface area contributed by atoms with Gasteiger partial charge in [-0.05, 0) is 30.2 Å². The van der Waals surface area contributed by atoms with Crippen LogP contribution < -0.4 is 10.5 Å². The summed E-state index contributed by atoms with van der Waals surface area (Å²) in [5, 5.41) is 0.619. The van der Waals surface area contributed by atoms with Crippen molar-refractivity contribution < 1.29 is 9.53 Å². The highest BCUT2D eigenvalue weighted by atomic mass is 35.5. The first-order chi connectivity index (χ1) is 6.13. The molecule has 0 radical (unpaired) electrons. The molecular formula is C9H10ClNO2. The number of rotatable bonds is 2. The van der Waals surface area contributed by atoms with Crippen molar-refractivity contribution in [2.45, 2.75) is 13.3 Å². The summed E-state index contributed by atoms with van der Waals surface area (Å²) >= 11 is 5.76. The number of carbonyl (C=O) groups is 1. The lowest BCUT2D eigenvalue weighted by molar-refractivity contribution is 0.210. The molecule has 70 valence electrons. The van der Waals surface area contributed by atoms with Crippen LogP contribution in [0.1, 0.15) is 12.5 Å². The SMILES string of the molecule is CCc1cc(Cl)ccc1OC(N)=O. The Morgan fingerprint density at radius 3 is 2.85 bits per heavy atom. The fourth-order valence-electron chi connectivity index (χ4n) is 1.03. The third-order valence-corrected chi connectivity index (χ3v) is 1.85. The van der Waals surface area contributed by atoms with Gasteiger partial charge in [0.1, 0.15) is 5.75 Å². The van der Waals surface area contributed by atoms with Gasteiger partial charge in [-0.1, -0.05) is 18.5 Å². The van der Waals surface area contributed by atoms with E-state index in [-0.39, 0.29) is 0 Å². The fraction of sp³-hybridized carbons (Fsp3) is 0.222. The number of carbonyl (C=O) groups excluding carboxylic acids is 1. The molecule has 1 amide bonds. The van der Waals surface area contributed by atoms with Crippen LogP contribution in [0.3, 0.4) is 0 Å². The van der Waals surface area contributed by atoms with Gasteiger partial charge in [-0.25, -0.2) is 4.79 Å². The summed E-state index contributed by atoms with van der Waals surface area (Å²) in [6.45, 7) is 1.94. The lowest BCUT2D eigenvalue weighted by Crippen LogP contribution is -2.17. The molecule has 0 unspecified atom stereocenters. The average Bonchev–Trinajstić information content (AvgIpc) is 2.07. The maximum atomic E-state index is 10.5. The zero-order chi connectivity index (χ0) is 9.84. The van der Waals surface area contributed by atoms with Gasteiger partial charge in [-0.3, -0.25) is 0 Å². The van der Waals surface area contributed by atoms with Gasteiger partial charge < -0.3 is 10.5 Å². The number of halogens is 1. The Morgan fingerprint density at radius 2 is 2.31 bits per heavy atom. The van der Waals surface area contributed by atoms with Gasteiger partial charge in [0.25, 0.3) is 0 Å². The van der Waals surface area contributed by atoms with Crippen molar-refractivity contribution in [1.82, 2.24) is 0 Å². The molecule has 1 aromatic rings. The summed E-state index contributed by atoms with van der Waals surface area (Å²) in [7, 11) is 0. The van der Waals surface area contributed by atoms with Crippen LogP contribution in [0.5, 0.6) is 5.75 Å². The van der Waals surface area contributed by atoms with E-state index in [2.05, 4.69) is 0 Å². The van der Waals surface area contributed by atoms with Crippen LogP contribution in [0.2, 0.25) is 5.02 Å². The van der Waals surface area contributed by atoms with Crippen LogP contribution in [-0.2, 0) is 6.42 Å². The lowest BCUT2D eigenvalue weighted by atomic mass is 10.1. The topological polar surface area (TPSA) is 52.3 Å². The molecule has 0 saturated heterocycles. The molecule has 0 atom stereocenters. The molecule has 0 spiro atoms. The van der Waals surface area contributed by atoms with Crippen LogP contribution in [0, 0.1) is 0 Å². The van der Waals surface area contributed by atoms with E-state index in [4.69, 9.17) is 22.1 Å². The zero-order valence-electron chi connectivity index (χ0n) is 7.21. The standard InChI is InChI=1S/C9H10ClNO2/c1-2-6-5-7(10)3-4-8(6)13-9(11)12/h3-5H,2H2,1H3,(H2,11,12). The van der Waals surface area contributed by atoms with Crippen molar-refractivity contribution in [3.63, 3.8) is 0 Å². The highest BCUT2D eigenvalue weighted by Gasteiger charge is 2.05. The van der Waals surface area contributed by atoms with E-state index in [0.29, 0.717) is 10.8 Å². The summed E-state index contributed by atoms with van der Waals surface area (Å²) in [5.41, 5.74) is 5.76. The van der Waals surface area contributed by atoms with Gasteiger partial charge in [-0.15, -0.1) is 0 Å². The maximum absolute atomic E-state index is 10.5. The largest absolute Gasteiger partial charge is 0.410 e. The summed E-state index contributed by atoms with van der Waals surface area (Å²) < 4.78 is 4.77. The van der Waals surface area contributed by atoms with Crippen LogP contribution in [0.4, 0.5) is 4.79 Å². The first-order valence-electron chi connectivity index (χ1n) is 3.89. The Kier molecular flexibility index (Phi) is 3.14. The van der Waals surface area contributed by atoms with E-state index >= 15 is 0 Å². The molecule has 1 rings (SSSR count). The number of amides is 1. The molecule has 2 N–H and O–H groups in total. The minimum atomic E-state index is -0.808. The second-order valence-electron chi connectivity index (χ2n) is 2.53. The number of benzene rings is 1. The monoisotopic (exact) mass is 199 g/mol. The van der Waals surface area contributed by atoms with Crippen molar-refractivity contribution in [2.75, 3.05) is 0 Å². The molecule has 0 aliphatic rings. The van der Waals surface area contributed by atoms with Gasteiger partial charge in [0.2, 0.25) is 0 Å². The van der Waals surface area contributed by atoms with Crippen molar-refractivity contribution in [3.05, 3.63) is 28.8 Å². The fourth-order valence-corrected chi connectivity index (χ4v) is 1.23. The Hall–Kier alpha value is -1.22. The van der Waals surface area contributed by atoms with Crippen molar-refractivity contribution in [1.29, 1.82) is 0 Å². The number of hydrogen-bond acceptors (Lipinski definition) is 2. The zero-order valence-corrected chi connectivity index (χ0v) is 7.97. The third kappa shape index (κ3) is 2.63. The first kappa shape index (κ1) is 9.86. The first-order valence-corrected chi connectivity index (χ1v) is 4.27. The molecule has 1 aromatic carbocycles. The minimum Gasteiger partial charge on any atom is -0.410 e. The highest BCUT2D eigenvalue weighted by Crippen LogP contribution is 2.23. The molecule has 0 aliphatic heterocycles. The number of hydrogen-bond donors (Lipinski definition) is 1. The molecule has 13 heavy (non-hydrogen) atoms. The number of aryl methyl sites for hydroxylation is 1. The Bertz CT molecular complexity index is 325. The van der Waals surface area contributed by atoms with Crippen molar-refractivity contribution >= 4 is 17.7 Å². The quantitative estimate of drug-likeness (QED) is 0.795. The Labute approximate surface area is 81.4 Å². The van der Waals surface area contributed by atoms with E-state index < -0.39 is 6.09 Å². The Balaban J connectivity index is 2.99. The lowest BCUT2D eigenvalue weighted by Gasteiger charge is -2.06. The number of nitrogens with two attached hydrogens (primary N) is 1. The van der Waals surface area contributed by atoms with E-state index in [1.54, 1.807) is 18.2 Å². The summed E-state index contributed by atoms with van der Waals surface area (Å²) in [6.07, 6.45) is -0.0691. The highest BCUT2D eigenvalue weighted by molar-refractivity contribution is 6.30. The minimum absolute atomic E-state index is 0.472. The summed E-state index contributed by atoms with van der Waals surface area (Å²) in [5.74, 6) is 0.472. The van der Waals surface area contributed by atoms with Crippen LogP contribution in [0.25, 0.3) is 0 Å². The van der Waals surface area contributed by atoms with Crippen LogP contribution in [0.15, 0.2) is 18.2 Å². The van der Waals surface area contributed by atoms with Gasteiger partial charge in [0.15, 0.2) is 0 Å². The van der Waals surface area contributed by atoms with Crippen molar-refractivity contribution in [2.24, 2.45) is 5.73 Å². The number of ether oxygens (including phenoxy) is 1. The molecule has 4 heteroatoms. The van der Waals surface area contributed by atoms with Gasteiger partial charge in [0.05, 0.1) is 0 Å². The molecule has 0 heterocycles. The molecule has 0 aliphatic carbocycles. The third-order valence-electron chi connectivity index (χ3n) is 1.61. The predicted octanol–water partition coefficient (Wildman–Crippen LogP) is 2.36. The molecular weight excluding hydrogens is 190 g/mol. The van der Waals surface area contributed by atoms with E-state index in [1.165, 1.54) is 0 Å². The molecule has 3 nitrogen and oxygen atoms in total. The molecule has 0 aromatic heterocycles. The molecule has 0 saturated carbocycles. The molecule has 0 fully saturated rings. The maximum Gasteiger partial charge on any atom is 0.409 e. The van der Waals surface area contributed by atoms with E-state index in [9.17, 15) is 4.79 Å². The second kappa shape index (κ2) is 4.14. The smallest absolute Gasteiger partial charge is 0.409 e. The van der Waals surface area contributed by atoms with Crippen LogP contribution >= 0.6 is 11.6 Å². The average molecular weight is 200 g/mol. The Morgan fingerprint density at radius 1 is 1.62 bits per heavy atom. The number of primary amides is 1. The summed E-state index contributed by atoms with van der Waals surface area (Å²) in [4.78, 5) is 10.5. The predicted molar refractivity (Wildman–Crippen MR) is 51.0 cm³/mol. The molecule has 0 bridgehead atoms. The van der Waals surface area contributed by atoms with Gasteiger partial charge in [0, 0.05) is 5.02 Å². The van der Waals surface area contributed by atoms with E-state index in [0.717, 1.165) is 12.0 Å². The summed E-state index contributed by atoms with van der Waals surface area (Å²) in [6, 6.07) is 5.03.